The summed E-state index contributed by atoms with van der Waals surface area (Å²) in [5, 5.41) is 18.8. The van der Waals surface area contributed by atoms with Crippen LogP contribution in [0.5, 0.6) is 5.75 Å². The van der Waals surface area contributed by atoms with E-state index in [1.807, 2.05) is 0 Å². The number of phenolic OH excluding ortho intramolecular Hbond substituents is 1. The zero-order chi connectivity index (χ0) is 11.4. The number of hydrogen-bond donors (Lipinski definition) is 2. The Balaban J connectivity index is 2.76. The van der Waals surface area contributed by atoms with Crippen molar-refractivity contribution >= 4 is 17.6 Å². The van der Waals surface area contributed by atoms with Gasteiger partial charge in [0.15, 0.2) is 6.10 Å². The summed E-state index contributed by atoms with van der Waals surface area (Å²) in [5.41, 5.74) is 0.576. The molecule has 0 heterocycles. The van der Waals surface area contributed by atoms with Gasteiger partial charge in [0.05, 0.1) is 7.11 Å². The third-order valence-corrected chi connectivity index (χ3v) is 2.28. The van der Waals surface area contributed by atoms with Crippen LogP contribution in [-0.4, -0.2) is 29.4 Å². The van der Waals surface area contributed by atoms with Gasteiger partial charge in [-0.1, -0.05) is 17.7 Å². The second kappa shape index (κ2) is 5.00. The lowest BCUT2D eigenvalue weighted by Crippen LogP contribution is -2.24. The number of esters is 1. The van der Waals surface area contributed by atoms with Crippen molar-refractivity contribution < 1.29 is 19.7 Å². The minimum atomic E-state index is -1.24. The second-order valence-electron chi connectivity index (χ2n) is 3.02. The van der Waals surface area contributed by atoms with Gasteiger partial charge in [-0.3, -0.25) is 0 Å². The molecule has 0 radical (unpaired) electrons. The number of aromatic hydroxyl groups is 1. The lowest BCUT2D eigenvalue weighted by Gasteiger charge is -2.09. The van der Waals surface area contributed by atoms with Crippen LogP contribution in [0, 0.1) is 0 Å². The van der Waals surface area contributed by atoms with Crippen molar-refractivity contribution in [2.45, 2.75) is 12.5 Å². The van der Waals surface area contributed by atoms with E-state index in [0.717, 1.165) is 0 Å². The molecular formula is C10H11ClO4. The summed E-state index contributed by atoms with van der Waals surface area (Å²) in [6.45, 7) is 0. The van der Waals surface area contributed by atoms with Crippen molar-refractivity contribution in [3.05, 3.63) is 28.8 Å². The van der Waals surface area contributed by atoms with Crippen LogP contribution in [0.15, 0.2) is 18.2 Å². The summed E-state index contributed by atoms with van der Waals surface area (Å²) in [4.78, 5) is 10.9. The Morgan fingerprint density at radius 2 is 2.27 bits per heavy atom. The third-order valence-electron chi connectivity index (χ3n) is 1.92. The summed E-state index contributed by atoms with van der Waals surface area (Å²) in [6, 6.07) is 4.33. The highest BCUT2D eigenvalue weighted by atomic mass is 35.5. The molecule has 5 heteroatoms. The van der Waals surface area contributed by atoms with Crippen LogP contribution >= 0.6 is 11.6 Å². The molecule has 0 aliphatic rings. The minimum Gasteiger partial charge on any atom is -0.508 e. The molecule has 1 unspecified atom stereocenters. The Bertz CT molecular complexity index is 364. The van der Waals surface area contributed by atoms with Gasteiger partial charge >= 0.3 is 5.97 Å². The van der Waals surface area contributed by atoms with Crippen molar-refractivity contribution in [3.8, 4) is 5.75 Å². The van der Waals surface area contributed by atoms with Gasteiger partial charge in [0.25, 0.3) is 0 Å². The second-order valence-corrected chi connectivity index (χ2v) is 3.43. The van der Waals surface area contributed by atoms with Crippen LogP contribution in [0.3, 0.4) is 0 Å². The number of aliphatic hydroxyl groups is 1. The quantitative estimate of drug-likeness (QED) is 0.764. The zero-order valence-electron chi connectivity index (χ0n) is 8.11. The van der Waals surface area contributed by atoms with Gasteiger partial charge in [0.2, 0.25) is 0 Å². The zero-order valence-corrected chi connectivity index (χ0v) is 8.86. The number of methoxy groups -OCH3 is 1. The normalized spacial score (nSPS) is 12.2. The first-order chi connectivity index (χ1) is 7.04. The standard InChI is InChI=1S/C10H11ClO4/c1-15-10(14)9(13)4-6-2-3-7(12)5-8(6)11/h2-3,5,9,12-13H,4H2,1H3. The Hall–Kier alpha value is -1.26. The highest BCUT2D eigenvalue weighted by Crippen LogP contribution is 2.22. The molecule has 15 heavy (non-hydrogen) atoms. The molecule has 0 saturated heterocycles. The van der Waals surface area contributed by atoms with Gasteiger partial charge in [-0.2, -0.15) is 0 Å². The van der Waals surface area contributed by atoms with E-state index in [1.54, 1.807) is 6.07 Å². The van der Waals surface area contributed by atoms with Crippen LogP contribution < -0.4 is 0 Å². The molecule has 0 amide bonds. The highest BCUT2D eigenvalue weighted by molar-refractivity contribution is 6.31. The number of carbonyl (C=O) groups is 1. The van der Waals surface area contributed by atoms with Gasteiger partial charge in [-0.25, -0.2) is 4.79 Å². The Kier molecular flexibility index (Phi) is 3.94. The van der Waals surface area contributed by atoms with Gasteiger partial charge in [0.1, 0.15) is 5.75 Å². The van der Waals surface area contributed by atoms with Crippen LogP contribution in [0.4, 0.5) is 0 Å². The highest BCUT2D eigenvalue weighted by Gasteiger charge is 2.17. The van der Waals surface area contributed by atoms with E-state index >= 15 is 0 Å². The van der Waals surface area contributed by atoms with Crippen molar-refractivity contribution in [1.82, 2.24) is 0 Å². The predicted molar refractivity (Wildman–Crippen MR) is 54.8 cm³/mol. The van der Waals surface area contributed by atoms with Gasteiger partial charge in [-0.05, 0) is 17.7 Å². The molecule has 1 rings (SSSR count). The van der Waals surface area contributed by atoms with E-state index in [0.29, 0.717) is 10.6 Å². The Labute approximate surface area is 92.1 Å². The van der Waals surface area contributed by atoms with Gasteiger partial charge in [0, 0.05) is 11.4 Å². The van der Waals surface area contributed by atoms with E-state index in [1.165, 1.54) is 19.2 Å². The summed E-state index contributed by atoms with van der Waals surface area (Å²) in [7, 11) is 1.20. The van der Waals surface area contributed by atoms with Crippen molar-refractivity contribution in [2.24, 2.45) is 0 Å². The molecule has 0 fully saturated rings. The van der Waals surface area contributed by atoms with Crippen molar-refractivity contribution in [1.29, 1.82) is 0 Å². The van der Waals surface area contributed by atoms with E-state index in [4.69, 9.17) is 16.7 Å². The molecule has 2 N–H and O–H groups in total. The molecule has 0 aliphatic heterocycles. The van der Waals surface area contributed by atoms with Crippen LogP contribution in [0.1, 0.15) is 5.56 Å². The van der Waals surface area contributed by atoms with Crippen LogP contribution in [-0.2, 0) is 16.0 Å². The number of ether oxygens (including phenoxy) is 1. The van der Waals surface area contributed by atoms with Crippen LogP contribution in [0.2, 0.25) is 5.02 Å². The number of halogens is 1. The number of aliphatic hydroxyl groups excluding tert-OH is 1. The van der Waals surface area contributed by atoms with Crippen molar-refractivity contribution in [2.75, 3.05) is 7.11 Å². The number of phenols is 1. The topological polar surface area (TPSA) is 66.8 Å². The molecule has 0 spiro atoms. The lowest BCUT2D eigenvalue weighted by molar-refractivity contribution is -0.150. The molecule has 0 saturated carbocycles. The summed E-state index contributed by atoms with van der Waals surface area (Å²) in [6.07, 6.45) is -1.18. The van der Waals surface area contributed by atoms with E-state index in [9.17, 15) is 9.90 Å². The Morgan fingerprint density at radius 1 is 1.60 bits per heavy atom. The molecule has 1 atom stereocenters. The maximum Gasteiger partial charge on any atom is 0.335 e. The molecule has 0 bridgehead atoms. The molecule has 0 aromatic heterocycles. The first-order valence-corrected chi connectivity index (χ1v) is 4.65. The SMILES string of the molecule is COC(=O)C(O)Cc1ccc(O)cc1Cl. The largest absolute Gasteiger partial charge is 0.508 e. The molecule has 4 nitrogen and oxygen atoms in total. The first-order valence-electron chi connectivity index (χ1n) is 4.28. The number of hydrogen-bond acceptors (Lipinski definition) is 4. The fourth-order valence-electron chi connectivity index (χ4n) is 1.13. The van der Waals surface area contributed by atoms with E-state index in [-0.39, 0.29) is 12.2 Å². The minimum absolute atomic E-state index is 0.0382. The predicted octanol–water partition coefficient (Wildman–Crippen LogP) is 1.12. The number of carbonyl (C=O) groups excluding carboxylic acids is 1. The van der Waals surface area contributed by atoms with E-state index in [2.05, 4.69) is 4.74 Å². The maximum absolute atomic E-state index is 10.9. The smallest absolute Gasteiger partial charge is 0.335 e. The fraction of sp³-hybridized carbons (Fsp3) is 0.300. The monoisotopic (exact) mass is 230 g/mol. The molecule has 1 aromatic rings. The fourth-order valence-corrected chi connectivity index (χ4v) is 1.38. The summed E-state index contributed by atoms with van der Waals surface area (Å²) < 4.78 is 4.37. The number of rotatable bonds is 3. The summed E-state index contributed by atoms with van der Waals surface area (Å²) >= 11 is 5.80. The Morgan fingerprint density at radius 3 is 2.80 bits per heavy atom. The third kappa shape index (κ3) is 3.11. The summed E-state index contributed by atoms with van der Waals surface area (Å²) in [5.74, 6) is -0.671. The maximum atomic E-state index is 10.9. The van der Waals surface area contributed by atoms with Crippen LogP contribution in [0.25, 0.3) is 0 Å². The average molecular weight is 231 g/mol. The average Bonchev–Trinajstić information content (AvgIpc) is 2.20. The first kappa shape index (κ1) is 11.8. The van der Waals surface area contributed by atoms with Gasteiger partial charge in [-0.15, -0.1) is 0 Å². The molecule has 82 valence electrons. The molecule has 1 aromatic carbocycles. The number of benzene rings is 1. The molecular weight excluding hydrogens is 220 g/mol. The molecule has 0 aliphatic carbocycles. The lowest BCUT2D eigenvalue weighted by atomic mass is 10.1. The van der Waals surface area contributed by atoms with Crippen molar-refractivity contribution in [3.63, 3.8) is 0 Å². The van der Waals surface area contributed by atoms with E-state index < -0.39 is 12.1 Å². The van der Waals surface area contributed by atoms with Gasteiger partial charge < -0.3 is 14.9 Å².